The summed E-state index contributed by atoms with van der Waals surface area (Å²) in [6.45, 7) is 0. The van der Waals surface area contributed by atoms with E-state index in [-0.39, 0.29) is 11.5 Å². The SMILES string of the molecule is NC(c1ccc(F)c(F)c1F)C1C2CCCCC21. The Hall–Kier alpha value is -1.03. The molecular weight excluding hydrogens is 239 g/mol. The summed E-state index contributed by atoms with van der Waals surface area (Å²) < 4.78 is 39.8. The molecule has 0 bridgehead atoms. The first-order chi connectivity index (χ1) is 8.61. The van der Waals surface area contributed by atoms with Crippen molar-refractivity contribution in [2.24, 2.45) is 23.5 Å². The topological polar surface area (TPSA) is 26.0 Å². The first-order valence-electron chi connectivity index (χ1n) is 6.50. The van der Waals surface area contributed by atoms with Crippen LogP contribution in [0.2, 0.25) is 0 Å². The normalized spacial score (nSPS) is 31.9. The Morgan fingerprint density at radius 1 is 1.00 bits per heavy atom. The van der Waals surface area contributed by atoms with E-state index in [1.54, 1.807) is 0 Å². The molecule has 0 aromatic heterocycles. The molecule has 3 unspecified atom stereocenters. The zero-order valence-electron chi connectivity index (χ0n) is 10.0. The van der Waals surface area contributed by atoms with Crippen LogP contribution in [0.3, 0.4) is 0 Å². The predicted octanol–water partition coefficient (Wildman–Crippen LogP) is 3.54. The lowest BCUT2D eigenvalue weighted by molar-refractivity contribution is 0.427. The van der Waals surface area contributed by atoms with Crippen LogP contribution in [0.25, 0.3) is 0 Å². The van der Waals surface area contributed by atoms with Gasteiger partial charge in [0.15, 0.2) is 17.5 Å². The summed E-state index contributed by atoms with van der Waals surface area (Å²) in [4.78, 5) is 0. The molecule has 2 saturated carbocycles. The minimum Gasteiger partial charge on any atom is -0.324 e. The molecule has 2 aliphatic carbocycles. The Balaban J connectivity index is 1.85. The third-order valence-electron chi connectivity index (χ3n) is 4.56. The lowest BCUT2D eigenvalue weighted by atomic mass is 10.00. The van der Waals surface area contributed by atoms with Crippen LogP contribution in [0.5, 0.6) is 0 Å². The summed E-state index contributed by atoms with van der Waals surface area (Å²) in [5.74, 6) is -2.33. The molecule has 3 atom stereocenters. The van der Waals surface area contributed by atoms with Gasteiger partial charge in [0.1, 0.15) is 0 Å². The molecule has 1 aromatic carbocycles. The summed E-state index contributed by atoms with van der Waals surface area (Å²) in [7, 11) is 0. The number of nitrogens with two attached hydrogens (primary N) is 1. The second-order valence-corrected chi connectivity index (χ2v) is 5.48. The van der Waals surface area contributed by atoms with E-state index in [0.29, 0.717) is 11.8 Å². The van der Waals surface area contributed by atoms with E-state index in [4.69, 9.17) is 5.73 Å². The van der Waals surface area contributed by atoms with Gasteiger partial charge in [0, 0.05) is 11.6 Å². The molecule has 2 fully saturated rings. The van der Waals surface area contributed by atoms with Gasteiger partial charge in [-0.15, -0.1) is 0 Å². The molecule has 1 aromatic rings. The molecule has 3 rings (SSSR count). The minimum absolute atomic E-state index is 0.119. The Kier molecular flexibility index (Phi) is 2.85. The minimum atomic E-state index is -1.41. The van der Waals surface area contributed by atoms with Crippen molar-refractivity contribution in [1.82, 2.24) is 0 Å². The van der Waals surface area contributed by atoms with E-state index in [2.05, 4.69) is 0 Å². The highest BCUT2D eigenvalue weighted by molar-refractivity contribution is 5.26. The Morgan fingerprint density at radius 2 is 1.61 bits per heavy atom. The third-order valence-corrected chi connectivity index (χ3v) is 4.56. The molecule has 2 N–H and O–H groups in total. The maximum atomic E-state index is 13.7. The lowest BCUT2D eigenvalue weighted by Gasteiger charge is -2.13. The van der Waals surface area contributed by atoms with Gasteiger partial charge in [0.25, 0.3) is 0 Å². The van der Waals surface area contributed by atoms with Crippen molar-refractivity contribution in [2.45, 2.75) is 31.7 Å². The van der Waals surface area contributed by atoms with Crippen molar-refractivity contribution >= 4 is 0 Å². The van der Waals surface area contributed by atoms with E-state index in [0.717, 1.165) is 18.9 Å². The predicted molar refractivity (Wildman–Crippen MR) is 62.2 cm³/mol. The maximum Gasteiger partial charge on any atom is 0.194 e. The first-order valence-corrected chi connectivity index (χ1v) is 6.50. The maximum absolute atomic E-state index is 13.7. The van der Waals surface area contributed by atoms with Gasteiger partial charge in [-0.05, 0) is 36.7 Å². The highest BCUT2D eigenvalue weighted by Gasteiger charge is 2.53. The summed E-state index contributed by atoms with van der Waals surface area (Å²) >= 11 is 0. The van der Waals surface area contributed by atoms with Crippen LogP contribution in [-0.4, -0.2) is 0 Å². The van der Waals surface area contributed by atoms with E-state index in [1.807, 2.05) is 0 Å². The highest BCUT2D eigenvalue weighted by Crippen LogP contribution is 2.59. The molecule has 0 amide bonds. The molecule has 4 heteroatoms. The van der Waals surface area contributed by atoms with Crippen LogP contribution in [0.4, 0.5) is 13.2 Å². The summed E-state index contributed by atoms with van der Waals surface area (Å²) in [6, 6.07) is 1.73. The van der Waals surface area contributed by atoms with Gasteiger partial charge in [0.2, 0.25) is 0 Å². The largest absolute Gasteiger partial charge is 0.324 e. The van der Waals surface area contributed by atoms with Crippen LogP contribution in [0, 0.1) is 35.2 Å². The molecule has 0 aliphatic heterocycles. The van der Waals surface area contributed by atoms with Gasteiger partial charge < -0.3 is 5.73 Å². The molecule has 0 saturated heterocycles. The van der Waals surface area contributed by atoms with Crippen LogP contribution in [0.1, 0.15) is 37.3 Å². The lowest BCUT2D eigenvalue weighted by Crippen LogP contribution is -2.17. The fraction of sp³-hybridized carbons (Fsp3) is 0.571. The molecule has 98 valence electrons. The monoisotopic (exact) mass is 255 g/mol. The number of rotatable bonds is 2. The standard InChI is InChI=1S/C14H16F3N/c15-10-6-5-9(12(16)13(10)17)14(18)11-7-3-1-2-4-8(7)11/h5-8,11,14H,1-4,18H2. The highest BCUT2D eigenvalue weighted by atomic mass is 19.2. The zero-order chi connectivity index (χ0) is 12.9. The molecule has 1 nitrogen and oxygen atoms in total. The Bertz CT molecular complexity index is 462. The fourth-order valence-electron chi connectivity index (χ4n) is 3.59. The van der Waals surface area contributed by atoms with Crippen molar-refractivity contribution in [3.8, 4) is 0 Å². The molecular formula is C14H16F3N. The quantitative estimate of drug-likeness (QED) is 0.804. The summed E-state index contributed by atoms with van der Waals surface area (Å²) in [5.41, 5.74) is 6.17. The van der Waals surface area contributed by atoms with Gasteiger partial charge in [-0.25, -0.2) is 13.2 Å². The van der Waals surface area contributed by atoms with Crippen molar-refractivity contribution in [3.05, 3.63) is 35.1 Å². The number of hydrogen-bond donors (Lipinski definition) is 1. The van der Waals surface area contributed by atoms with Crippen molar-refractivity contribution in [1.29, 1.82) is 0 Å². The molecule has 2 aliphatic rings. The van der Waals surface area contributed by atoms with E-state index >= 15 is 0 Å². The number of halogens is 3. The van der Waals surface area contributed by atoms with Crippen LogP contribution < -0.4 is 5.73 Å². The fourth-order valence-corrected chi connectivity index (χ4v) is 3.59. The number of benzene rings is 1. The van der Waals surface area contributed by atoms with Crippen LogP contribution in [-0.2, 0) is 0 Å². The number of hydrogen-bond acceptors (Lipinski definition) is 1. The van der Waals surface area contributed by atoms with Gasteiger partial charge in [-0.2, -0.15) is 0 Å². The third kappa shape index (κ3) is 1.74. The summed E-state index contributed by atoms with van der Waals surface area (Å²) in [5, 5.41) is 0. The van der Waals surface area contributed by atoms with E-state index < -0.39 is 23.5 Å². The second-order valence-electron chi connectivity index (χ2n) is 5.48. The van der Waals surface area contributed by atoms with Gasteiger partial charge in [-0.3, -0.25) is 0 Å². The zero-order valence-corrected chi connectivity index (χ0v) is 10.0. The molecule has 18 heavy (non-hydrogen) atoms. The van der Waals surface area contributed by atoms with E-state index in [9.17, 15) is 13.2 Å². The van der Waals surface area contributed by atoms with Crippen molar-refractivity contribution in [2.75, 3.05) is 0 Å². The Morgan fingerprint density at radius 3 is 2.22 bits per heavy atom. The summed E-state index contributed by atoms with van der Waals surface area (Å²) in [6.07, 6.45) is 4.66. The Labute approximate surface area is 104 Å². The molecule has 0 heterocycles. The molecule has 0 spiro atoms. The smallest absolute Gasteiger partial charge is 0.194 e. The first kappa shape index (κ1) is 12.0. The van der Waals surface area contributed by atoms with Crippen molar-refractivity contribution < 1.29 is 13.2 Å². The van der Waals surface area contributed by atoms with E-state index in [1.165, 1.54) is 18.9 Å². The molecule has 0 radical (unpaired) electrons. The average molecular weight is 255 g/mol. The second kappa shape index (κ2) is 4.26. The number of fused-ring (bicyclic) bond motifs is 1. The van der Waals surface area contributed by atoms with Crippen LogP contribution in [0.15, 0.2) is 12.1 Å². The van der Waals surface area contributed by atoms with Gasteiger partial charge in [-0.1, -0.05) is 18.9 Å². The van der Waals surface area contributed by atoms with Crippen LogP contribution >= 0.6 is 0 Å². The van der Waals surface area contributed by atoms with Gasteiger partial charge >= 0.3 is 0 Å². The van der Waals surface area contributed by atoms with Gasteiger partial charge in [0.05, 0.1) is 0 Å². The average Bonchev–Trinajstić information content (AvgIpc) is 3.10. The van der Waals surface area contributed by atoms with Crippen molar-refractivity contribution in [3.63, 3.8) is 0 Å².